The fourth-order valence-corrected chi connectivity index (χ4v) is 3.72. The zero-order valence-corrected chi connectivity index (χ0v) is 16.6. The van der Waals surface area contributed by atoms with Crippen molar-refractivity contribution in [3.63, 3.8) is 0 Å². The van der Waals surface area contributed by atoms with Crippen molar-refractivity contribution in [2.75, 3.05) is 44.7 Å². The minimum absolute atomic E-state index is 0.226. The summed E-state index contributed by atoms with van der Waals surface area (Å²) in [5, 5.41) is 3.10. The fourth-order valence-electron chi connectivity index (χ4n) is 3.72. The molecule has 6 nitrogen and oxygen atoms in total. The van der Waals surface area contributed by atoms with E-state index in [0.29, 0.717) is 37.4 Å². The van der Waals surface area contributed by atoms with E-state index in [9.17, 15) is 14.0 Å². The third-order valence-corrected chi connectivity index (χ3v) is 5.30. The van der Waals surface area contributed by atoms with E-state index < -0.39 is 5.82 Å². The lowest BCUT2D eigenvalue weighted by atomic mass is 10.0. The molecule has 0 aromatic heterocycles. The van der Waals surface area contributed by atoms with E-state index in [4.69, 9.17) is 4.74 Å². The Hall–Kier alpha value is -3.03. The Morgan fingerprint density at radius 2 is 1.60 bits per heavy atom. The maximum Gasteiger partial charge on any atom is 0.278 e. The summed E-state index contributed by atoms with van der Waals surface area (Å²) in [6.07, 6.45) is 0.687. The number of rotatable bonds is 7. The first-order valence-electron chi connectivity index (χ1n) is 10.1. The summed E-state index contributed by atoms with van der Waals surface area (Å²) in [6.45, 7) is 4.28. The molecule has 1 N–H and O–H groups in total. The Balaban J connectivity index is 1.54. The first-order chi connectivity index (χ1) is 14.6. The van der Waals surface area contributed by atoms with Crippen LogP contribution in [-0.2, 0) is 14.3 Å². The third-order valence-electron chi connectivity index (χ3n) is 5.30. The van der Waals surface area contributed by atoms with Crippen LogP contribution in [0.4, 0.5) is 10.1 Å². The number of imide groups is 1. The van der Waals surface area contributed by atoms with Crippen LogP contribution in [0.15, 0.2) is 60.3 Å². The highest BCUT2D eigenvalue weighted by Gasteiger charge is 2.38. The number of amides is 2. The lowest BCUT2D eigenvalue weighted by Gasteiger charge is -2.27. The molecule has 2 aliphatic heterocycles. The van der Waals surface area contributed by atoms with Gasteiger partial charge in [0.2, 0.25) is 0 Å². The Bertz CT molecular complexity index is 938. The summed E-state index contributed by atoms with van der Waals surface area (Å²) < 4.78 is 18.8. The van der Waals surface area contributed by atoms with Crippen molar-refractivity contribution in [1.29, 1.82) is 0 Å². The van der Waals surface area contributed by atoms with Crippen LogP contribution in [0.25, 0.3) is 5.57 Å². The van der Waals surface area contributed by atoms with Crippen molar-refractivity contribution in [3.8, 4) is 0 Å². The zero-order chi connectivity index (χ0) is 20.9. The number of halogens is 1. The average Bonchev–Trinajstić information content (AvgIpc) is 3.00. The molecule has 1 saturated heterocycles. The highest BCUT2D eigenvalue weighted by molar-refractivity contribution is 6.36. The van der Waals surface area contributed by atoms with Gasteiger partial charge < -0.3 is 10.1 Å². The summed E-state index contributed by atoms with van der Waals surface area (Å²) >= 11 is 0. The van der Waals surface area contributed by atoms with E-state index in [1.165, 1.54) is 29.2 Å². The molecule has 0 atom stereocenters. The van der Waals surface area contributed by atoms with E-state index in [1.807, 2.05) is 30.3 Å². The van der Waals surface area contributed by atoms with Crippen LogP contribution in [0.3, 0.4) is 0 Å². The molecule has 0 saturated carbocycles. The number of nitrogens with one attached hydrogen (secondary N) is 1. The van der Waals surface area contributed by atoms with E-state index in [1.54, 1.807) is 0 Å². The number of morpholine rings is 1. The van der Waals surface area contributed by atoms with Gasteiger partial charge in [0.05, 0.1) is 18.8 Å². The van der Waals surface area contributed by atoms with Crippen molar-refractivity contribution in [2.45, 2.75) is 6.42 Å². The van der Waals surface area contributed by atoms with Gasteiger partial charge in [-0.2, -0.15) is 0 Å². The molecule has 2 aliphatic rings. The molecule has 0 unspecified atom stereocenters. The number of hydrogen-bond donors (Lipinski definition) is 1. The molecular formula is C23H24FN3O3. The molecule has 7 heteroatoms. The van der Waals surface area contributed by atoms with Gasteiger partial charge in [0.1, 0.15) is 11.5 Å². The fraction of sp³-hybridized carbons (Fsp3) is 0.304. The molecule has 0 spiro atoms. The normalized spacial score (nSPS) is 17.7. The number of anilines is 1. The highest BCUT2D eigenvalue weighted by atomic mass is 19.1. The Morgan fingerprint density at radius 1 is 0.900 bits per heavy atom. The molecule has 2 amide bonds. The van der Waals surface area contributed by atoms with E-state index in [0.717, 1.165) is 19.6 Å². The van der Waals surface area contributed by atoms with Crippen LogP contribution in [0.1, 0.15) is 12.0 Å². The second kappa shape index (κ2) is 9.19. The minimum atomic E-state index is -0.393. The molecule has 2 aromatic rings. The molecule has 0 bridgehead atoms. The zero-order valence-electron chi connectivity index (χ0n) is 16.6. The number of hydrogen-bond acceptors (Lipinski definition) is 5. The Labute approximate surface area is 174 Å². The Morgan fingerprint density at radius 3 is 2.30 bits per heavy atom. The van der Waals surface area contributed by atoms with Gasteiger partial charge in [0, 0.05) is 31.9 Å². The standard InChI is InChI=1S/C23H24FN3O3/c24-18-9-7-17(8-10-18)20-21(25-19-5-2-1-3-6-19)23(29)27(22(20)28)12-4-11-26-13-15-30-16-14-26/h1-3,5-10,25H,4,11-16H2. The molecular weight excluding hydrogens is 385 g/mol. The van der Waals surface area contributed by atoms with Crippen LogP contribution in [0, 0.1) is 5.82 Å². The number of carbonyl (C=O) groups excluding carboxylic acids is 2. The van der Waals surface area contributed by atoms with Gasteiger partial charge in [-0.15, -0.1) is 0 Å². The monoisotopic (exact) mass is 409 g/mol. The van der Waals surface area contributed by atoms with Crippen molar-refractivity contribution >= 4 is 23.1 Å². The third kappa shape index (κ3) is 4.42. The van der Waals surface area contributed by atoms with Crippen LogP contribution in [-0.4, -0.2) is 61.0 Å². The molecule has 30 heavy (non-hydrogen) atoms. The van der Waals surface area contributed by atoms with Gasteiger partial charge in [0.15, 0.2) is 0 Å². The molecule has 0 radical (unpaired) electrons. The summed E-state index contributed by atoms with van der Waals surface area (Å²) in [6, 6.07) is 14.9. The maximum atomic E-state index is 13.4. The van der Waals surface area contributed by atoms with Gasteiger partial charge in [-0.25, -0.2) is 4.39 Å². The molecule has 156 valence electrons. The Kier molecular flexibility index (Phi) is 6.21. The predicted molar refractivity (Wildman–Crippen MR) is 112 cm³/mol. The lowest BCUT2D eigenvalue weighted by molar-refractivity contribution is -0.136. The van der Waals surface area contributed by atoms with Crippen LogP contribution < -0.4 is 5.32 Å². The summed E-state index contributed by atoms with van der Waals surface area (Å²) in [7, 11) is 0. The first kappa shape index (κ1) is 20.3. The molecule has 0 aliphatic carbocycles. The number of benzene rings is 2. The number of carbonyl (C=O) groups is 2. The second-order valence-electron chi connectivity index (χ2n) is 7.32. The summed E-state index contributed by atoms with van der Waals surface area (Å²) in [5.74, 6) is -1.10. The highest BCUT2D eigenvalue weighted by Crippen LogP contribution is 2.30. The maximum absolute atomic E-state index is 13.4. The lowest BCUT2D eigenvalue weighted by Crippen LogP contribution is -2.39. The van der Waals surface area contributed by atoms with Crippen LogP contribution in [0.2, 0.25) is 0 Å². The molecule has 2 heterocycles. The van der Waals surface area contributed by atoms with E-state index in [-0.39, 0.29) is 23.1 Å². The molecule has 2 aromatic carbocycles. The minimum Gasteiger partial charge on any atom is -0.379 e. The predicted octanol–water partition coefficient (Wildman–Crippen LogP) is 2.74. The van der Waals surface area contributed by atoms with Crippen molar-refractivity contribution in [2.24, 2.45) is 0 Å². The van der Waals surface area contributed by atoms with E-state index >= 15 is 0 Å². The molecule has 1 fully saturated rings. The van der Waals surface area contributed by atoms with Gasteiger partial charge in [-0.05, 0) is 36.2 Å². The number of nitrogens with zero attached hydrogens (tertiary/aromatic N) is 2. The smallest absolute Gasteiger partial charge is 0.278 e. The van der Waals surface area contributed by atoms with E-state index in [2.05, 4.69) is 10.2 Å². The number of ether oxygens (including phenoxy) is 1. The molecule has 4 rings (SSSR count). The summed E-state index contributed by atoms with van der Waals surface area (Å²) in [4.78, 5) is 29.8. The van der Waals surface area contributed by atoms with Crippen molar-refractivity contribution in [1.82, 2.24) is 9.80 Å². The van der Waals surface area contributed by atoms with Gasteiger partial charge >= 0.3 is 0 Å². The van der Waals surface area contributed by atoms with Gasteiger partial charge in [-0.3, -0.25) is 19.4 Å². The first-order valence-corrected chi connectivity index (χ1v) is 10.1. The van der Waals surface area contributed by atoms with Gasteiger partial charge in [0.25, 0.3) is 11.8 Å². The largest absolute Gasteiger partial charge is 0.379 e. The van der Waals surface area contributed by atoms with Crippen LogP contribution >= 0.6 is 0 Å². The quantitative estimate of drug-likeness (QED) is 0.713. The average molecular weight is 409 g/mol. The number of para-hydroxylation sites is 1. The van der Waals surface area contributed by atoms with Crippen molar-refractivity contribution < 1.29 is 18.7 Å². The second-order valence-corrected chi connectivity index (χ2v) is 7.32. The SMILES string of the molecule is O=C1C(Nc2ccccc2)=C(c2ccc(F)cc2)C(=O)N1CCCN1CCOCC1. The van der Waals surface area contributed by atoms with Crippen molar-refractivity contribution in [3.05, 3.63) is 71.7 Å². The van der Waals surface area contributed by atoms with Gasteiger partial charge in [-0.1, -0.05) is 30.3 Å². The topological polar surface area (TPSA) is 61.9 Å². The summed E-state index contributed by atoms with van der Waals surface area (Å²) in [5.41, 5.74) is 1.73. The van der Waals surface area contributed by atoms with Crippen LogP contribution in [0.5, 0.6) is 0 Å².